The maximum Gasteiger partial charge on any atom is 0.339 e. The van der Waals surface area contributed by atoms with E-state index in [9.17, 15) is 13.2 Å². The molecule has 1 aliphatic rings. The number of anilines is 1. The second-order valence-corrected chi connectivity index (χ2v) is 9.23. The summed E-state index contributed by atoms with van der Waals surface area (Å²) in [5, 5.41) is 5.74. The van der Waals surface area contributed by atoms with Crippen molar-refractivity contribution in [2.24, 2.45) is 5.10 Å². The normalized spacial score (nSPS) is 14.9. The molecule has 0 unspecified atom stereocenters. The van der Waals surface area contributed by atoms with E-state index < -0.39 is 10.1 Å². The maximum atomic E-state index is 13.0. The van der Waals surface area contributed by atoms with Gasteiger partial charge in [0.1, 0.15) is 4.90 Å². The van der Waals surface area contributed by atoms with Gasteiger partial charge >= 0.3 is 10.1 Å². The van der Waals surface area contributed by atoms with E-state index in [4.69, 9.17) is 8.92 Å². The molecule has 0 radical (unpaired) electrons. The lowest BCUT2D eigenvalue weighted by Gasteiger charge is -2.13. The smallest absolute Gasteiger partial charge is 0.339 e. The molecular formula is C26H24N2O5S. The van der Waals surface area contributed by atoms with Gasteiger partial charge in [-0.05, 0) is 68.8 Å². The summed E-state index contributed by atoms with van der Waals surface area (Å²) < 4.78 is 36.5. The highest BCUT2D eigenvalue weighted by Crippen LogP contribution is 2.33. The molecule has 3 aromatic rings. The number of carbonyl (C=O) groups excluding carboxylic acids is 1. The van der Waals surface area contributed by atoms with Crippen molar-refractivity contribution in [3.8, 4) is 11.5 Å². The first-order valence-corrected chi connectivity index (χ1v) is 12.1. The Morgan fingerprint density at radius 2 is 1.65 bits per heavy atom. The van der Waals surface area contributed by atoms with Crippen LogP contribution < -0.4 is 13.9 Å². The molecule has 0 N–H and O–H groups in total. The number of amides is 1. The molecule has 1 aliphatic heterocycles. The lowest BCUT2D eigenvalue weighted by atomic mass is 10.1. The van der Waals surface area contributed by atoms with Gasteiger partial charge in [-0.15, -0.1) is 0 Å². The van der Waals surface area contributed by atoms with Gasteiger partial charge in [-0.3, -0.25) is 4.79 Å². The summed E-state index contributed by atoms with van der Waals surface area (Å²) in [5.74, 6) is 0.0787. The Morgan fingerprint density at radius 1 is 0.941 bits per heavy atom. The van der Waals surface area contributed by atoms with Gasteiger partial charge in [0, 0.05) is 0 Å². The lowest BCUT2D eigenvalue weighted by molar-refractivity contribution is -0.114. The number of ether oxygens (including phenoxy) is 1. The second-order valence-electron chi connectivity index (χ2n) is 7.69. The fourth-order valence-corrected chi connectivity index (χ4v) is 4.36. The molecular weight excluding hydrogens is 452 g/mol. The molecule has 174 valence electrons. The van der Waals surface area contributed by atoms with Crippen molar-refractivity contribution in [1.29, 1.82) is 0 Å². The Labute approximate surface area is 199 Å². The minimum absolute atomic E-state index is 0.0520. The standard InChI is InChI=1S/C26H24N2O5S/c1-4-32-25-17-20(12-15-24(25)33-34(30,31)22-13-10-18(2)11-14-22)16-23-19(3)27-28(26(23)29)21-8-6-5-7-9-21/h5-17H,4H2,1-3H3. The summed E-state index contributed by atoms with van der Waals surface area (Å²) in [7, 11) is -4.04. The Balaban J connectivity index is 1.63. The van der Waals surface area contributed by atoms with Crippen LogP contribution in [0.1, 0.15) is 25.0 Å². The second kappa shape index (κ2) is 9.52. The molecule has 1 amide bonds. The first-order chi connectivity index (χ1) is 16.3. The van der Waals surface area contributed by atoms with E-state index in [-0.39, 0.29) is 22.3 Å². The monoisotopic (exact) mass is 476 g/mol. The predicted molar refractivity (Wildman–Crippen MR) is 132 cm³/mol. The van der Waals surface area contributed by atoms with Gasteiger partial charge in [0.25, 0.3) is 5.91 Å². The molecule has 0 atom stereocenters. The molecule has 0 aliphatic carbocycles. The van der Waals surface area contributed by atoms with Crippen molar-refractivity contribution in [3.05, 3.63) is 89.5 Å². The van der Waals surface area contributed by atoms with E-state index in [0.29, 0.717) is 29.1 Å². The predicted octanol–water partition coefficient (Wildman–Crippen LogP) is 4.97. The summed E-state index contributed by atoms with van der Waals surface area (Å²) in [4.78, 5) is 13.0. The van der Waals surface area contributed by atoms with Gasteiger partial charge in [-0.2, -0.15) is 18.5 Å². The van der Waals surface area contributed by atoms with Crippen LogP contribution in [0, 0.1) is 6.92 Å². The highest BCUT2D eigenvalue weighted by atomic mass is 32.2. The lowest BCUT2D eigenvalue weighted by Crippen LogP contribution is -2.21. The molecule has 0 saturated heterocycles. The van der Waals surface area contributed by atoms with Crippen LogP contribution >= 0.6 is 0 Å². The maximum absolute atomic E-state index is 13.0. The van der Waals surface area contributed by atoms with Crippen molar-refractivity contribution in [2.45, 2.75) is 25.7 Å². The quantitative estimate of drug-likeness (QED) is 0.355. The van der Waals surface area contributed by atoms with Gasteiger partial charge in [0.2, 0.25) is 0 Å². The summed E-state index contributed by atoms with van der Waals surface area (Å²) in [6.07, 6.45) is 1.70. The van der Waals surface area contributed by atoms with E-state index in [1.807, 2.05) is 37.3 Å². The first kappa shape index (κ1) is 23.3. The number of hydrogen-bond donors (Lipinski definition) is 0. The van der Waals surface area contributed by atoms with E-state index in [2.05, 4.69) is 5.10 Å². The van der Waals surface area contributed by atoms with Crippen LogP contribution in [0.3, 0.4) is 0 Å². The van der Waals surface area contributed by atoms with Crippen LogP contribution in [0.15, 0.2) is 88.4 Å². The van der Waals surface area contributed by atoms with Crippen LogP contribution in [0.2, 0.25) is 0 Å². The van der Waals surface area contributed by atoms with Crippen LogP contribution in [-0.2, 0) is 14.9 Å². The van der Waals surface area contributed by atoms with Crippen LogP contribution in [0.4, 0.5) is 5.69 Å². The average molecular weight is 477 g/mol. The first-order valence-electron chi connectivity index (χ1n) is 10.7. The Hall–Kier alpha value is -3.91. The van der Waals surface area contributed by atoms with Crippen molar-refractivity contribution in [1.82, 2.24) is 0 Å². The minimum Gasteiger partial charge on any atom is -0.490 e. The van der Waals surface area contributed by atoms with Crippen LogP contribution in [0.25, 0.3) is 6.08 Å². The molecule has 7 nitrogen and oxygen atoms in total. The number of aryl methyl sites for hydroxylation is 1. The van der Waals surface area contributed by atoms with E-state index in [0.717, 1.165) is 5.56 Å². The molecule has 0 spiro atoms. The number of nitrogens with zero attached hydrogens (tertiary/aromatic N) is 2. The molecule has 0 saturated carbocycles. The molecule has 0 fully saturated rings. The van der Waals surface area contributed by atoms with Crippen molar-refractivity contribution in [3.63, 3.8) is 0 Å². The third-order valence-electron chi connectivity index (χ3n) is 5.15. The summed E-state index contributed by atoms with van der Waals surface area (Å²) >= 11 is 0. The molecule has 0 bridgehead atoms. The summed E-state index contributed by atoms with van der Waals surface area (Å²) in [6.45, 7) is 5.74. The number of benzene rings is 3. The number of hydrazone groups is 1. The van der Waals surface area contributed by atoms with Gasteiger partial charge < -0.3 is 8.92 Å². The zero-order valence-electron chi connectivity index (χ0n) is 19.1. The highest BCUT2D eigenvalue weighted by molar-refractivity contribution is 7.87. The fourth-order valence-electron chi connectivity index (χ4n) is 3.42. The SMILES string of the molecule is CCOc1cc(C=C2C(=O)N(c3ccccc3)N=C2C)ccc1OS(=O)(=O)c1ccc(C)cc1. The zero-order chi connectivity index (χ0) is 24.3. The Morgan fingerprint density at radius 3 is 2.32 bits per heavy atom. The molecule has 34 heavy (non-hydrogen) atoms. The largest absolute Gasteiger partial charge is 0.490 e. The average Bonchev–Trinajstić information content (AvgIpc) is 3.10. The number of carbonyl (C=O) groups is 1. The van der Waals surface area contributed by atoms with Crippen LogP contribution in [0.5, 0.6) is 11.5 Å². The third kappa shape index (κ3) is 4.87. The molecule has 0 aromatic heterocycles. The molecule has 1 heterocycles. The van der Waals surface area contributed by atoms with Gasteiger partial charge in [-0.1, -0.05) is 42.0 Å². The fraction of sp³-hybridized carbons (Fsp3) is 0.154. The zero-order valence-corrected chi connectivity index (χ0v) is 19.9. The van der Waals surface area contributed by atoms with Crippen molar-refractivity contribution < 1.29 is 22.1 Å². The number of para-hydroxylation sites is 1. The Kier molecular flexibility index (Phi) is 6.51. The van der Waals surface area contributed by atoms with Crippen molar-refractivity contribution in [2.75, 3.05) is 11.6 Å². The van der Waals surface area contributed by atoms with Gasteiger partial charge in [0.15, 0.2) is 11.5 Å². The molecule has 8 heteroatoms. The molecule has 3 aromatic carbocycles. The number of rotatable bonds is 7. The van der Waals surface area contributed by atoms with Gasteiger partial charge in [0.05, 0.1) is 23.6 Å². The molecule has 4 rings (SSSR count). The van der Waals surface area contributed by atoms with Gasteiger partial charge in [-0.25, -0.2) is 0 Å². The number of hydrogen-bond acceptors (Lipinski definition) is 6. The Bertz CT molecular complexity index is 1380. The topological polar surface area (TPSA) is 85.3 Å². The van der Waals surface area contributed by atoms with E-state index in [1.54, 1.807) is 44.2 Å². The summed E-state index contributed by atoms with van der Waals surface area (Å²) in [5.41, 5.74) is 3.28. The van der Waals surface area contributed by atoms with Crippen LogP contribution in [-0.4, -0.2) is 26.6 Å². The van der Waals surface area contributed by atoms with Crippen molar-refractivity contribution >= 4 is 33.5 Å². The van der Waals surface area contributed by atoms with E-state index in [1.165, 1.54) is 23.2 Å². The third-order valence-corrected chi connectivity index (χ3v) is 6.40. The summed E-state index contributed by atoms with van der Waals surface area (Å²) in [6, 6.07) is 20.4. The highest BCUT2D eigenvalue weighted by Gasteiger charge is 2.28. The van der Waals surface area contributed by atoms with E-state index >= 15 is 0 Å². The minimum atomic E-state index is -4.04.